The number of carbonyl (C=O) groups is 1. The van der Waals surface area contributed by atoms with Crippen LogP contribution in [0.25, 0.3) is 10.9 Å². The number of ether oxygens (including phenoxy) is 1. The molecule has 0 saturated carbocycles. The normalized spacial score (nSPS) is 21.1. The van der Waals surface area contributed by atoms with Crippen molar-refractivity contribution in [2.75, 3.05) is 44.0 Å². The predicted octanol–water partition coefficient (Wildman–Crippen LogP) is 4.04. The summed E-state index contributed by atoms with van der Waals surface area (Å²) in [4.78, 5) is 23.4. The van der Waals surface area contributed by atoms with Gasteiger partial charge in [-0.1, -0.05) is 30.3 Å². The maximum Gasteiger partial charge on any atom is 0.222 e. The number of H-pyrrole nitrogens is 1. The summed E-state index contributed by atoms with van der Waals surface area (Å²) in [6.07, 6.45) is 5.11. The fraction of sp³-hybridized carbons (Fsp3) is 0.385. The first-order chi connectivity index (χ1) is 16.2. The van der Waals surface area contributed by atoms with E-state index in [9.17, 15) is 4.79 Å². The molecule has 7 nitrogen and oxygen atoms in total. The van der Waals surface area contributed by atoms with E-state index in [1.54, 1.807) is 7.11 Å². The first kappa shape index (κ1) is 21.5. The van der Waals surface area contributed by atoms with E-state index in [4.69, 9.17) is 9.73 Å². The van der Waals surface area contributed by atoms with E-state index >= 15 is 0 Å². The minimum absolute atomic E-state index is 0.191. The molecule has 1 unspecified atom stereocenters. The largest absolute Gasteiger partial charge is 0.383 e. The molecule has 33 heavy (non-hydrogen) atoms. The third-order valence-electron chi connectivity index (χ3n) is 6.70. The Morgan fingerprint density at radius 1 is 1.15 bits per heavy atom. The fourth-order valence-corrected chi connectivity index (χ4v) is 5.01. The summed E-state index contributed by atoms with van der Waals surface area (Å²) < 4.78 is 5.21. The Morgan fingerprint density at radius 3 is 2.85 bits per heavy atom. The minimum atomic E-state index is -0.406. The van der Waals surface area contributed by atoms with Crippen molar-refractivity contribution in [1.82, 2.24) is 9.88 Å². The number of likely N-dealkylation sites (tertiary alicyclic amines) is 1. The number of para-hydroxylation sites is 3. The topological polar surface area (TPSA) is 81.8 Å². The average molecular weight is 446 g/mol. The van der Waals surface area contributed by atoms with Gasteiger partial charge in [0.1, 0.15) is 11.4 Å². The zero-order valence-electron chi connectivity index (χ0n) is 19.1. The van der Waals surface area contributed by atoms with Gasteiger partial charge in [0.05, 0.1) is 31.1 Å². The van der Waals surface area contributed by atoms with Crippen molar-refractivity contribution in [3.8, 4) is 0 Å². The summed E-state index contributed by atoms with van der Waals surface area (Å²) in [7, 11) is 1.69. The summed E-state index contributed by atoms with van der Waals surface area (Å²) in [5.74, 6) is 1.09. The number of hydrogen-bond donors (Lipinski definition) is 3. The Hall–Kier alpha value is -3.32. The number of aryl methyl sites for hydroxylation is 1. The van der Waals surface area contributed by atoms with Crippen molar-refractivity contribution in [2.24, 2.45) is 4.99 Å². The average Bonchev–Trinajstić information content (AvgIpc) is 3.26. The summed E-state index contributed by atoms with van der Waals surface area (Å²) in [6.45, 7) is 2.53. The molecule has 3 N–H and O–H groups in total. The number of rotatable bonds is 6. The number of nitrogens with one attached hydrogen (secondary N) is 3. The number of aromatic nitrogens is 1. The van der Waals surface area contributed by atoms with Gasteiger partial charge in [0.15, 0.2) is 0 Å². The number of hydrogen-bond acceptors (Lipinski definition) is 4. The molecule has 2 aromatic carbocycles. The van der Waals surface area contributed by atoms with Crippen LogP contribution in [0.4, 0.5) is 11.4 Å². The molecule has 0 bridgehead atoms. The molecule has 0 aliphatic carbocycles. The number of benzene rings is 2. The number of carbonyl (C=O) groups excluding carboxylic acids is 1. The van der Waals surface area contributed by atoms with Gasteiger partial charge in [-0.2, -0.15) is 0 Å². The van der Waals surface area contributed by atoms with Gasteiger partial charge in [-0.3, -0.25) is 9.79 Å². The predicted molar refractivity (Wildman–Crippen MR) is 133 cm³/mol. The Kier molecular flexibility index (Phi) is 6.05. The van der Waals surface area contributed by atoms with Crippen LogP contribution in [0.1, 0.15) is 24.8 Å². The lowest BCUT2D eigenvalue weighted by Gasteiger charge is -2.47. The fourth-order valence-electron chi connectivity index (χ4n) is 5.01. The number of piperidine rings is 1. The van der Waals surface area contributed by atoms with Crippen LogP contribution in [0.3, 0.4) is 0 Å². The SMILES string of the molecule is COCCN=C1Nc2ccccc2NC12CCCN(C(=O)CCc1c[nH]c3ccccc13)C2. The van der Waals surface area contributed by atoms with Gasteiger partial charge in [-0.15, -0.1) is 0 Å². The van der Waals surface area contributed by atoms with E-state index in [1.165, 1.54) is 10.9 Å². The van der Waals surface area contributed by atoms with E-state index in [1.807, 2.05) is 41.4 Å². The van der Waals surface area contributed by atoms with Crippen molar-refractivity contribution in [3.63, 3.8) is 0 Å². The highest BCUT2D eigenvalue weighted by atomic mass is 16.5. The number of aliphatic imine (C=N–C) groups is 1. The highest BCUT2D eigenvalue weighted by molar-refractivity contribution is 6.10. The number of methoxy groups -OCH3 is 1. The van der Waals surface area contributed by atoms with Crippen molar-refractivity contribution in [3.05, 3.63) is 60.3 Å². The Bertz CT molecular complexity index is 1170. The van der Waals surface area contributed by atoms with Crippen molar-refractivity contribution in [1.29, 1.82) is 0 Å². The molecule has 0 radical (unpaired) electrons. The molecule has 1 aromatic heterocycles. The molecule has 2 aliphatic heterocycles. The first-order valence-electron chi connectivity index (χ1n) is 11.7. The molecule has 2 aliphatic rings. The van der Waals surface area contributed by atoms with Crippen molar-refractivity contribution in [2.45, 2.75) is 31.2 Å². The molecule has 3 aromatic rings. The van der Waals surface area contributed by atoms with Gasteiger partial charge < -0.3 is 25.3 Å². The summed E-state index contributed by atoms with van der Waals surface area (Å²) in [5, 5.41) is 8.47. The Labute approximate surface area is 194 Å². The van der Waals surface area contributed by atoms with Crippen LogP contribution >= 0.6 is 0 Å². The van der Waals surface area contributed by atoms with Crippen LogP contribution in [0.15, 0.2) is 59.7 Å². The molecule has 1 amide bonds. The minimum Gasteiger partial charge on any atom is -0.383 e. The molecule has 1 spiro atoms. The first-order valence-corrected chi connectivity index (χ1v) is 11.7. The number of amidine groups is 1. The maximum atomic E-state index is 13.3. The van der Waals surface area contributed by atoms with Crippen LogP contribution in [-0.4, -0.2) is 60.5 Å². The monoisotopic (exact) mass is 445 g/mol. The van der Waals surface area contributed by atoms with E-state index in [-0.39, 0.29) is 5.91 Å². The molecular formula is C26H31N5O2. The molecule has 1 saturated heterocycles. The van der Waals surface area contributed by atoms with Gasteiger partial charge in [-0.25, -0.2) is 0 Å². The lowest BCUT2D eigenvalue weighted by atomic mass is 9.85. The van der Waals surface area contributed by atoms with Crippen LogP contribution < -0.4 is 10.6 Å². The second-order valence-electron chi connectivity index (χ2n) is 8.88. The van der Waals surface area contributed by atoms with Crippen molar-refractivity contribution < 1.29 is 9.53 Å². The van der Waals surface area contributed by atoms with Crippen LogP contribution in [0.5, 0.6) is 0 Å². The van der Waals surface area contributed by atoms with Gasteiger partial charge in [-0.05, 0) is 43.0 Å². The zero-order chi connectivity index (χ0) is 22.7. The summed E-state index contributed by atoms with van der Waals surface area (Å²) in [5.41, 5.74) is 3.97. The number of anilines is 2. The summed E-state index contributed by atoms with van der Waals surface area (Å²) in [6, 6.07) is 16.4. The van der Waals surface area contributed by atoms with Crippen LogP contribution in [0, 0.1) is 0 Å². The molecule has 172 valence electrons. The number of fused-ring (bicyclic) bond motifs is 2. The number of nitrogens with zero attached hydrogens (tertiary/aromatic N) is 2. The highest BCUT2D eigenvalue weighted by Crippen LogP contribution is 2.36. The Morgan fingerprint density at radius 2 is 1.97 bits per heavy atom. The smallest absolute Gasteiger partial charge is 0.222 e. The van der Waals surface area contributed by atoms with E-state index in [0.29, 0.717) is 26.1 Å². The van der Waals surface area contributed by atoms with Gasteiger partial charge >= 0.3 is 0 Å². The third-order valence-corrected chi connectivity index (χ3v) is 6.70. The maximum absolute atomic E-state index is 13.3. The molecule has 1 fully saturated rings. The van der Waals surface area contributed by atoms with E-state index < -0.39 is 5.54 Å². The molecule has 3 heterocycles. The molecule has 5 rings (SSSR count). The van der Waals surface area contributed by atoms with Gasteiger partial charge in [0, 0.05) is 37.2 Å². The quantitative estimate of drug-likeness (QED) is 0.500. The molecular weight excluding hydrogens is 414 g/mol. The third kappa shape index (κ3) is 4.33. The molecule has 7 heteroatoms. The van der Waals surface area contributed by atoms with Crippen molar-refractivity contribution >= 4 is 34.0 Å². The molecule has 1 atom stereocenters. The Balaban J connectivity index is 1.33. The number of amides is 1. The second kappa shape index (κ2) is 9.27. The van der Waals surface area contributed by atoms with E-state index in [2.05, 4.69) is 33.8 Å². The summed E-state index contributed by atoms with van der Waals surface area (Å²) >= 11 is 0. The van der Waals surface area contributed by atoms with Crippen LogP contribution in [0.2, 0.25) is 0 Å². The van der Waals surface area contributed by atoms with Gasteiger partial charge in [0.25, 0.3) is 0 Å². The second-order valence-corrected chi connectivity index (χ2v) is 8.88. The van der Waals surface area contributed by atoms with E-state index in [0.717, 1.165) is 48.5 Å². The zero-order valence-corrected chi connectivity index (χ0v) is 19.1. The lowest BCUT2D eigenvalue weighted by Crippen LogP contribution is -2.62. The number of aromatic amines is 1. The van der Waals surface area contributed by atoms with Crippen LogP contribution in [-0.2, 0) is 16.0 Å². The lowest BCUT2D eigenvalue weighted by molar-refractivity contribution is -0.132. The highest BCUT2D eigenvalue weighted by Gasteiger charge is 2.44. The van der Waals surface area contributed by atoms with Gasteiger partial charge in [0.2, 0.25) is 5.91 Å². The standard InChI is InChI=1S/C26H31N5O2/c1-33-16-14-27-25-26(30-23-10-5-4-9-22(23)29-25)13-6-15-31(18-26)24(32)12-11-19-17-28-21-8-3-2-7-20(19)21/h2-5,7-10,17,28,30H,6,11-16,18H2,1H3,(H,27,29).